The van der Waals surface area contributed by atoms with Gasteiger partial charge in [0.2, 0.25) is 5.91 Å². The molecule has 0 aromatic heterocycles. The van der Waals surface area contributed by atoms with Gasteiger partial charge in [-0.3, -0.25) is 9.59 Å². The lowest BCUT2D eigenvalue weighted by molar-refractivity contribution is -0.141. The van der Waals surface area contributed by atoms with Crippen LogP contribution in [0.25, 0.3) is 11.1 Å². The number of hydrogen-bond acceptors (Lipinski definition) is 4. The summed E-state index contributed by atoms with van der Waals surface area (Å²) >= 11 is 0. The van der Waals surface area contributed by atoms with Crippen molar-refractivity contribution in [3.63, 3.8) is 0 Å². The molecule has 186 valence electrons. The van der Waals surface area contributed by atoms with Crippen LogP contribution in [0.15, 0.2) is 48.5 Å². The van der Waals surface area contributed by atoms with Gasteiger partial charge >= 0.3 is 12.1 Å². The molecule has 0 saturated heterocycles. The highest BCUT2D eigenvalue weighted by Gasteiger charge is 2.32. The first kappa shape index (κ1) is 24.8. The minimum atomic E-state index is -0.806. The van der Waals surface area contributed by atoms with Crippen LogP contribution in [0.4, 0.5) is 4.79 Å². The van der Waals surface area contributed by atoms with E-state index in [-0.39, 0.29) is 36.9 Å². The SMILES string of the molecule is CCCC[C@@H](CC(=O)NC1CCC(C(=O)O)C1)NC(=O)OCC1c2ccccc2-c2ccccc21. The number of carboxylic acid groups (broad SMARTS) is 1. The van der Waals surface area contributed by atoms with Crippen LogP contribution in [-0.2, 0) is 14.3 Å². The van der Waals surface area contributed by atoms with E-state index in [4.69, 9.17) is 4.74 Å². The maximum atomic E-state index is 12.7. The van der Waals surface area contributed by atoms with Crippen molar-refractivity contribution >= 4 is 18.0 Å². The van der Waals surface area contributed by atoms with Gasteiger partial charge in [0.1, 0.15) is 6.61 Å². The van der Waals surface area contributed by atoms with E-state index >= 15 is 0 Å². The monoisotopic (exact) mass is 478 g/mol. The second-order valence-corrected chi connectivity index (χ2v) is 9.63. The summed E-state index contributed by atoms with van der Waals surface area (Å²) in [6, 6.07) is 15.9. The molecule has 7 nitrogen and oxygen atoms in total. The zero-order chi connectivity index (χ0) is 24.8. The van der Waals surface area contributed by atoms with Gasteiger partial charge in [-0.2, -0.15) is 0 Å². The molecule has 4 rings (SSSR count). The van der Waals surface area contributed by atoms with Crippen molar-refractivity contribution in [1.82, 2.24) is 10.6 Å². The number of rotatable bonds is 10. The number of carboxylic acids is 1. The fourth-order valence-electron chi connectivity index (χ4n) is 5.33. The van der Waals surface area contributed by atoms with E-state index in [2.05, 4.69) is 41.8 Å². The summed E-state index contributed by atoms with van der Waals surface area (Å²) in [5, 5.41) is 15.0. The molecule has 2 aromatic rings. The Kier molecular flexibility index (Phi) is 8.06. The molecule has 0 aliphatic heterocycles. The molecule has 0 bridgehead atoms. The summed E-state index contributed by atoms with van der Waals surface area (Å²) in [6.45, 7) is 2.29. The number of carbonyl (C=O) groups is 3. The van der Waals surface area contributed by atoms with Gasteiger partial charge in [0, 0.05) is 24.4 Å². The number of aliphatic carboxylic acids is 1. The summed E-state index contributed by atoms with van der Waals surface area (Å²) in [5.41, 5.74) is 4.65. The van der Waals surface area contributed by atoms with Gasteiger partial charge in [-0.05, 0) is 47.9 Å². The van der Waals surface area contributed by atoms with Crippen LogP contribution in [0.5, 0.6) is 0 Å². The van der Waals surface area contributed by atoms with Gasteiger partial charge in [0.25, 0.3) is 0 Å². The Balaban J connectivity index is 1.32. The summed E-state index contributed by atoms with van der Waals surface area (Å²) in [7, 11) is 0. The molecule has 2 aliphatic carbocycles. The number of nitrogens with one attached hydrogen (secondary N) is 2. The molecule has 1 saturated carbocycles. The zero-order valence-corrected chi connectivity index (χ0v) is 20.2. The zero-order valence-electron chi connectivity index (χ0n) is 20.2. The van der Waals surface area contributed by atoms with E-state index in [1.54, 1.807) is 0 Å². The number of amides is 2. The summed E-state index contributed by atoms with van der Waals surface area (Å²) in [4.78, 5) is 36.5. The van der Waals surface area contributed by atoms with Crippen molar-refractivity contribution < 1.29 is 24.2 Å². The first-order chi connectivity index (χ1) is 17.0. The Bertz CT molecular complexity index is 1020. The highest BCUT2D eigenvalue weighted by molar-refractivity contribution is 5.80. The minimum Gasteiger partial charge on any atom is -0.481 e. The van der Waals surface area contributed by atoms with E-state index < -0.39 is 18.0 Å². The van der Waals surface area contributed by atoms with Crippen LogP contribution >= 0.6 is 0 Å². The number of unbranched alkanes of at least 4 members (excludes halogenated alkanes) is 1. The normalized spacial score (nSPS) is 19.5. The molecular weight excluding hydrogens is 444 g/mol. The fraction of sp³-hybridized carbons (Fsp3) is 0.464. The van der Waals surface area contributed by atoms with Gasteiger partial charge in [-0.1, -0.05) is 68.3 Å². The van der Waals surface area contributed by atoms with Crippen LogP contribution in [0, 0.1) is 5.92 Å². The quantitative estimate of drug-likeness (QED) is 0.453. The van der Waals surface area contributed by atoms with E-state index in [0.717, 1.165) is 24.0 Å². The highest BCUT2D eigenvalue weighted by Crippen LogP contribution is 2.44. The van der Waals surface area contributed by atoms with E-state index in [1.165, 1.54) is 11.1 Å². The van der Waals surface area contributed by atoms with Crippen LogP contribution in [-0.4, -0.2) is 41.8 Å². The summed E-state index contributed by atoms with van der Waals surface area (Å²) < 4.78 is 5.66. The largest absolute Gasteiger partial charge is 0.481 e. The van der Waals surface area contributed by atoms with Gasteiger partial charge in [0.15, 0.2) is 0 Å². The molecule has 3 atom stereocenters. The van der Waals surface area contributed by atoms with Crippen molar-refractivity contribution in [1.29, 1.82) is 0 Å². The van der Waals surface area contributed by atoms with Crippen molar-refractivity contribution in [2.24, 2.45) is 5.92 Å². The second-order valence-electron chi connectivity index (χ2n) is 9.63. The lowest BCUT2D eigenvalue weighted by Gasteiger charge is -2.21. The molecule has 7 heteroatoms. The summed E-state index contributed by atoms with van der Waals surface area (Å²) in [6.07, 6.45) is 3.85. The number of benzene rings is 2. The predicted molar refractivity (Wildman–Crippen MR) is 133 cm³/mol. The number of hydrogen-bond donors (Lipinski definition) is 3. The van der Waals surface area contributed by atoms with E-state index in [0.29, 0.717) is 25.7 Å². The van der Waals surface area contributed by atoms with Crippen molar-refractivity contribution in [2.45, 2.75) is 69.9 Å². The van der Waals surface area contributed by atoms with Crippen LogP contribution in [0.2, 0.25) is 0 Å². The van der Waals surface area contributed by atoms with Crippen molar-refractivity contribution in [3.05, 3.63) is 59.7 Å². The average molecular weight is 479 g/mol. The number of fused-ring (bicyclic) bond motifs is 3. The minimum absolute atomic E-state index is 0.0184. The Labute approximate surface area is 206 Å². The standard InChI is InChI=1S/C28H34N2O5/c1-2-3-8-19(16-26(31)29-20-14-13-18(15-20)27(32)33)30-28(34)35-17-25-23-11-6-4-9-21(23)22-10-5-7-12-24(22)25/h4-7,9-12,18-20,25H,2-3,8,13-17H2,1H3,(H,29,31)(H,30,34)(H,32,33)/t18?,19-,20?/m0/s1. The Morgan fingerprint density at radius 3 is 2.29 bits per heavy atom. The Morgan fingerprint density at radius 1 is 1.03 bits per heavy atom. The van der Waals surface area contributed by atoms with E-state index in [9.17, 15) is 19.5 Å². The first-order valence-electron chi connectivity index (χ1n) is 12.6. The topological polar surface area (TPSA) is 105 Å². The fourth-order valence-corrected chi connectivity index (χ4v) is 5.33. The third-order valence-electron chi connectivity index (χ3n) is 7.15. The maximum Gasteiger partial charge on any atom is 0.407 e. The first-order valence-corrected chi connectivity index (χ1v) is 12.6. The van der Waals surface area contributed by atoms with Gasteiger partial charge in [-0.15, -0.1) is 0 Å². The molecule has 2 aliphatic rings. The molecule has 35 heavy (non-hydrogen) atoms. The maximum absolute atomic E-state index is 12.7. The average Bonchev–Trinajstić information content (AvgIpc) is 3.44. The Morgan fingerprint density at radius 2 is 1.69 bits per heavy atom. The molecule has 0 radical (unpaired) electrons. The van der Waals surface area contributed by atoms with Crippen molar-refractivity contribution in [2.75, 3.05) is 6.61 Å². The van der Waals surface area contributed by atoms with Crippen molar-refractivity contribution in [3.8, 4) is 11.1 Å². The smallest absolute Gasteiger partial charge is 0.407 e. The van der Waals surface area contributed by atoms with Crippen LogP contribution in [0.1, 0.15) is 68.9 Å². The lowest BCUT2D eigenvalue weighted by atomic mass is 9.98. The van der Waals surface area contributed by atoms with Gasteiger partial charge in [-0.25, -0.2) is 4.79 Å². The molecule has 2 unspecified atom stereocenters. The Hall–Kier alpha value is -3.35. The molecule has 2 aromatic carbocycles. The lowest BCUT2D eigenvalue weighted by Crippen LogP contribution is -2.42. The molecular formula is C28H34N2O5. The highest BCUT2D eigenvalue weighted by atomic mass is 16.5. The molecule has 3 N–H and O–H groups in total. The molecule has 0 spiro atoms. The van der Waals surface area contributed by atoms with Gasteiger partial charge in [0.05, 0.1) is 5.92 Å². The van der Waals surface area contributed by atoms with Crippen LogP contribution < -0.4 is 10.6 Å². The second kappa shape index (κ2) is 11.4. The van der Waals surface area contributed by atoms with Gasteiger partial charge < -0.3 is 20.5 Å². The number of alkyl carbamates (subject to hydrolysis) is 1. The van der Waals surface area contributed by atoms with Crippen LogP contribution in [0.3, 0.4) is 0 Å². The summed E-state index contributed by atoms with van der Waals surface area (Å²) in [5.74, 6) is -1.38. The number of carbonyl (C=O) groups excluding carboxylic acids is 2. The third kappa shape index (κ3) is 6.02. The number of ether oxygens (including phenoxy) is 1. The molecule has 0 heterocycles. The van der Waals surface area contributed by atoms with E-state index in [1.807, 2.05) is 24.3 Å². The molecule has 1 fully saturated rings. The molecule has 2 amide bonds. The predicted octanol–water partition coefficient (Wildman–Crippen LogP) is 4.84. The third-order valence-corrected chi connectivity index (χ3v) is 7.15.